The minimum Gasteiger partial charge on any atom is -0.550 e. The predicted octanol–water partition coefficient (Wildman–Crippen LogP) is 1.75. The van der Waals surface area contributed by atoms with Crippen LogP contribution in [0.25, 0.3) is 0 Å². The molecule has 2 aromatic carbocycles. The van der Waals surface area contributed by atoms with Gasteiger partial charge in [-0.2, -0.15) is 0 Å². The molecular formula is C18H13ClNO4-. The third kappa shape index (κ3) is 2.90. The molecule has 24 heavy (non-hydrogen) atoms. The smallest absolute Gasteiger partial charge is 0.295 e. The van der Waals surface area contributed by atoms with E-state index < -0.39 is 36.0 Å². The molecule has 1 fully saturated rings. The number of carbonyl (C=O) groups is 3. The average Bonchev–Trinajstić information content (AvgIpc) is 2.81. The molecule has 2 atom stereocenters. The molecular weight excluding hydrogens is 330 g/mol. The van der Waals surface area contributed by atoms with Crippen molar-refractivity contribution in [3.63, 3.8) is 0 Å². The molecule has 1 aliphatic rings. The number of carboxylic acids is 1. The number of nitrogens with zero attached hydrogens (tertiary/aromatic N) is 1. The number of hydrogen-bond donors (Lipinski definition) is 0. The molecule has 6 heteroatoms. The van der Waals surface area contributed by atoms with E-state index >= 15 is 0 Å². The van der Waals surface area contributed by atoms with Gasteiger partial charge in [0.1, 0.15) is 0 Å². The number of carbonyl (C=O) groups excluding carboxylic acids is 3. The van der Waals surface area contributed by atoms with Crippen LogP contribution in [0, 0.1) is 5.92 Å². The first-order chi connectivity index (χ1) is 11.5. The molecule has 3 rings (SSSR count). The number of anilines is 1. The Morgan fingerprint density at radius 2 is 1.67 bits per heavy atom. The van der Waals surface area contributed by atoms with Crippen LogP contribution in [0.5, 0.6) is 0 Å². The number of halogens is 1. The van der Waals surface area contributed by atoms with Crippen LogP contribution in [0.2, 0.25) is 5.02 Å². The Hall–Kier alpha value is -2.66. The van der Waals surface area contributed by atoms with Crippen LogP contribution in [-0.4, -0.2) is 17.7 Å². The zero-order chi connectivity index (χ0) is 17.3. The van der Waals surface area contributed by atoms with Crippen LogP contribution in [0.4, 0.5) is 5.69 Å². The summed E-state index contributed by atoms with van der Waals surface area (Å²) in [4.78, 5) is 37.3. The molecule has 1 aliphatic heterocycles. The number of benzene rings is 2. The number of carboxylic acid groups (broad SMARTS) is 1. The molecule has 0 unspecified atom stereocenters. The van der Waals surface area contributed by atoms with Crippen LogP contribution in [0.3, 0.4) is 0 Å². The molecule has 1 saturated heterocycles. The van der Waals surface area contributed by atoms with Crippen molar-refractivity contribution in [2.24, 2.45) is 5.92 Å². The molecule has 122 valence electrons. The van der Waals surface area contributed by atoms with Gasteiger partial charge < -0.3 is 9.90 Å². The fourth-order valence-electron chi connectivity index (χ4n) is 3.02. The molecule has 1 amide bonds. The van der Waals surface area contributed by atoms with Gasteiger partial charge in [-0.05, 0) is 36.2 Å². The summed E-state index contributed by atoms with van der Waals surface area (Å²) in [6.45, 7) is 0. The Balaban J connectivity index is 2.11. The third-order valence-electron chi connectivity index (χ3n) is 4.06. The summed E-state index contributed by atoms with van der Waals surface area (Å²) in [5.41, 5.74) is 1.19. The second-order valence-corrected chi connectivity index (χ2v) is 5.99. The van der Waals surface area contributed by atoms with Gasteiger partial charge in [0.2, 0.25) is 5.78 Å². The molecule has 0 saturated carbocycles. The van der Waals surface area contributed by atoms with Gasteiger partial charge in [-0.1, -0.05) is 41.9 Å². The quantitative estimate of drug-likeness (QED) is 0.793. The molecule has 5 nitrogen and oxygen atoms in total. The fraction of sp³-hybridized carbons (Fsp3) is 0.167. The highest BCUT2D eigenvalue weighted by atomic mass is 35.5. The number of amides is 1. The van der Waals surface area contributed by atoms with Crippen LogP contribution in [-0.2, 0) is 14.4 Å². The van der Waals surface area contributed by atoms with Gasteiger partial charge in [0.05, 0.1) is 12.0 Å². The van der Waals surface area contributed by atoms with Gasteiger partial charge in [0.25, 0.3) is 5.91 Å². The lowest BCUT2D eigenvalue weighted by Crippen LogP contribution is -2.31. The van der Waals surface area contributed by atoms with Crippen LogP contribution >= 0.6 is 11.6 Å². The van der Waals surface area contributed by atoms with Crippen molar-refractivity contribution < 1.29 is 19.5 Å². The van der Waals surface area contributed by atoms with E-state index in [0.29, 0.717) is 16.3 Å². The standard InChI is InChI=1S/C18H14ClNO4/c19-12-8-6-11(7-9-12)16-14(10-15(21)22)17(23)18(24)20(16)13-4-2-1-3-5-13/h1-9,14,16H,10H2,(H,21,22)/p-1/t14-,16-/m0/s1. The second-order valence-electron chi connectivity index (χ2n) is 5.55. The summed E-state index contributed by atoms with van der Waals surface area (Å²) in [5, 5.41) is 11.6. The maximum absolute atomic E-state index is 12.5. The average molecular weight is 343 g/mol. The molecule has 0 bridgehead atoms. The van der Waals surface area contributed by atoms with E-state index in [1.807, 2.05) is 0 Å². The summed E-state index contributed by atoms with van der Waals surface area (Å²) in [7, 11) is 0. The Morgan fingerprint density at radius 1 is 1.04 bits per heavy atom. The van der Waals surface area contributed by atoms with E-state index in [2.05, 4.69) is 0 Å². The second kappa shape index (κ2) is 6.45. The van der Waals surface area contributed by atoms with Crippen molar-refractivity contribution in [3.05, 3.63) is 65.2 Å². The van der Waals surface area contributed by atoms with Crippen molar-refractivity contribution in [1.82, 2.24) is 0 Å². The number of hydrogen-bond acceptors (Lipinski definition) is 4. The third-order valence-corrected chi connectivity index (χ3v) is 4.31. The topological polar surface area (TPSA) is 77.5 Å². The summed E-state index contributed by atoms with van der Waals surface area (Å²) in [5.74, 6) is -3.80. The van der Waals surface area contributed by atoms with Crippen molar-refractivity contribution >= 4 is 34.9 Å². The molecule has 0 aliphatic carbocycles. The first-order valence-corrected chi connectivity index (χ1v) is 7.74. The zero-order valence-electron chi connectivity index (χ0n) is 12.5. The van der Waals surface area contributed by atoms with E-state index in [4.69, 9.17) is 11.6 Å². The zero-order valence-corrected chi connectivity index (χ0v) is 13.3. The van der Waals surface area contributed by atoms with E-state index in [-0.39, 0.29) is 0 Å². The molecule has 0 spiro atoms. The highest BCUT2D eigenvalue weighted by Crippen LogP contribution is 2.41. The number of ketones is 1. The van der Waals surface area contributed by atoms with E-state index in [1.165, 1.54) is 4.90 Å². The van der Waals surface area contributed by atoms with Gasteiger partial charge in [-0.25, -0.2) is 0 Å². The van der Waals surface area contributed by atoms with Gasteiger partial charge in [-0.15, -0.1) is 0 Å². The lowest BCUT2D eigenvalue weighted by atomic mass is 9.90. The molecule has 0 N–H and O–H groups in total. The molecule has 0 aromatic heterocycles. The largest absolute Gasteiger partial charge is 0.550 e. The Labute approximate surface area is 143 Å². The van der Waals surface area contributed by atoms with E-state index in [9.17, 15) is 19.5 Å². The maximum Gasteiger partial charge on any atom is 0.295 e. The normalized spacial score (nSPS) is 20.5. The summed E-state index contributed by atoms with van der Waals surface area (Å²) in [6.07, 6.45) is -0.513. The van der Waals surface area contributed by atoms with Gasteiger partial charge in [0, 0.05) is 16.7 Å². The maximum atomic E-state index is 12.5. The first-order valence-electron chi connectivity index (χ1n) is 7.37. The van der Waals surface area contributed by atoms with Crippen molar-refractivity contribution in [2.75, 3.05) is 4.90 Å². The lowest BCUT2D eigenvalue weighted by Gasteiger charge is -2.28. The van der Waals surface area contributed by atoms with E-state index in [0.717, 1.165) is 0 Å². The van der Waals surface area contributed by atoms with Crippen molar-refractivity contribution in [1.29, 1.82) is 0 Å². The van der Waals surface area contributed by atoms with Gasteiger partial charge in [-0.3, -0.25) is 14.5 Å². The van der Waals surface area contributed by atoms with Crippen LogP contribution in [0.15, 0.2) is 54.6 Å². The summed E-state index contributed by atoms with van der Waals surface area (Å²) >= 11 is 5.90. The predicted molar refractivity (Wildman–Crippen MR) is 86.2 cm³/mol. The molecule has 0 radical (unpaired) electrons. The highest BCUT2D eigenvalue weighted by Gasteiger charge is 2.48. The first kappa shape index (κ1) is 16.2. The summed E-state index contributed by atoms with van der Waals surface area (Å²) in [6, 6.07) is 14.7. The molecule has 2 aromatic rings. The van der Waals surface area contributed by atoms with Gasteiger partial charge >= 0.3 is 0 Å². The fourth-order valence-corrected chi connectivity index (χ4v) is 3.14. The Morgan fingerprint density at radius 3 is 2.25 bits per heavy atom. The Bertz CT molecular complexity index is 788. The van der Waals surface area contributed by atoms with Crippen LogP contribution in [0.1, 0.15) is 18.0 Å². The van der Waals surface area contributed by atoms with Gasteiger partial charge in [0.15, 0.2) is 0 Å². The minimum absolute atomic E-state index is 0.511. The summed E-state index contributed by atoms with van der Waals surface area (Å²) < 4.78 is 0. The minimum atomic E-state index is -1.37. The van der Waals surface area contributed by atoms with Crippen molar-refractivity contribution in [3.8, 4) is 0 Å². The lowest BCUT2D eigenvalue weighted by molar-refractivity contribution is -0.306. The monoisotopic (exact) mass is 342 g/mol. The SMILES string of the molecule is O=C([O-])C[C@@H]1C(=O)C(=O)N(c2ccccc2)[C@H]1c1ccc(Cl)cc1. The number of para-hydroxylation sites is 1. The Kier molecular flexibility index (Phi) is 4.36. The van der Waals surface area contributed by atoms with E-state index in [1.54, 1.807) is 54.6 Å². The number of Topliss-reactive ketones (excluding diaryl/α,β-unsaturated/α-hetero) is 1. The van der Waals surface area contributed by atoms with Crippen LogP contribution < -0.4 is 10.0 Å². The molecule has 1 heterocycles. The number of rotatable bonds is 4. The van der Waals surface area contributed by atoms with Crippen molar-refractivity contribution in [2.45, 2.75) is 12.5 Å². The number of aliphatic carboxylic acids is 1. The highest BCUT2D eigenvalue weighted by molar-refractivity contribution is 6.45.